The zero-order chi connectivity index (χ0) is 22.4. The molecule has 0 atom stereocenters. The predicted molar refractivity (Wildman–Crippen MR) is 113 cm³/mol. The van der Waals surface area contributed by atoms with Crippen LogP contribution in [0.15, 0.2) is 53.4 Å². The Kier molecular flexibility index (Phi) is 7.26. The number of ether oxygens (including phenoxy) is 2. The lowest BCUT2D eigenvalue weighted by molar-refractivity contribution is 0.0730. The van der Waals surface area contributed by atoms with E-state index in [2.05, 4.69) is 10.9 Å². The molecule has 166 valence electrons. The fraction of sp³-hybridized carbons (Fsp3) is 0.333. The molecule has 0 bridgehead atoms. The van der Waals surface area contributed by atoms with Gasteiger partial charge in [0.1, 0.15) is 5.75 Å². The van der Waals surface area contributed by atoms with E-state index in [0.717, 1.165) is 0 Å². The summed E-state index contributed by atoms with van der Waals surface area (Å²) >= 11 is 0. The van der Waals surface area contributed by atoms with Crippen molar-refractivity contribution in [3.8, 4) is 5.75 Å². The maximum absolute atomic E-state index is 12.8. The van der Waals surface area contributed by atoms with E-state index in [4.69, 9.17) is 9.47 Å². The highest BCUT2D eigenvalue weighted by atomic mass is 32.2. The summed E-state index contributed by atoms with van der Waals surface area (Å²) in [6, 6.07) is 12.2. The van der Waals surface area contributed by atoms with Gasteiger partial charge in [-0.1, -0.05) is 6.07 Å². The van der Waals surface area contributed by atoms with Crippen LogP contribution in [0, 0.1) is 0 Å². The second-order valence-electron chi connectivity index (χ2n) is 7.14. The van der Waals surface area contributed by atoms with Crippen molar-refractivity contribution in [1.29, 1.82) is 0 Å². The molecule has 0 saturated carbocycles. The summed E-state index contributed by atoms with van der Waals surface area (Å²) in [5.74, 6) is -0.512. The van der Waals surface area contributed by atoms with Crippen LogP contribution in [-0.4, -0.2) is 56.9 Å². The molecule has 0 radical (unpaired) electrons. The van der Waals surface area contributed by atoms with Gasteiger partial charge >= 0.3 is 0 Å². The van der Waals surface area contributed by atoms with Gasteiger partial charge in [-0.15, -0.1) is 0 Å². The van der Waals surface area contributed by atoms with E-state index in [9.17, 15) is 18.0 Å². The number of carbonyl (C=O) groups excluding carboxylic acids is 2. The SMILES string of the molecule is CC(C)Oc1ccc(C(=O)NNC(=O)c2cccc(S(=O)(=O)N3CCOCC3)c2)cc1. The van der Waals surface area contributed by atoms with E-state index in [0.29, 0.717) is 24.5 Å². The molecule has 1 fully saturated rings. The van der Waals surface area contributed by atoms with Gasteiger partial charge in [0, 0.05) is 24.2 Å². The first-order valence-electron chi connectivity index (χ1n) is 9.83. The summed E-state index contributed by atoms with van der Waals surface area (Å²) in [7, 11) is -3.73. The van der Waals surface area contributed by atoms with Crippen molar-refractivity contribution in [2.45, 2.75) is 24.8 Å². The van der Waals surface area contributed by atoms with Gasteiger partial charge in [0.15, 0.2) is 0 Å². The van der Waals surface area contributed by atoms with Crippen LogP contribution in [0.2, 0.25) is 0 Å². The van der Waals surface area contributed by atoms with Gasteiger partial charge in [-0.3, -0.25) is 20.4 Å². The van der Waals surface area contributed by atoms with Crippen molar-refractivity contribution in [1.82, 2.24) is 15.2 Å². The van der Waals surface area contributed by atoms with Crippen LogP contribution >= 0.6 is 0 Å². The second-order valence-corrected chi connectivity index (χ2v) is 9.08. The Labute approximate surface area is 181 Å². The fourth-order valence-electron chi connectivity index (χ4n) is 2.95. The Morgan fingerprint density at radius 1 is 0.968 bits per heavy atom. The minimum Gasteiger partial charge on any atom is -0.491 e. The number of benzene rings is 2. The quantitative estimate of drug-likeness (QED) is 0.650. The third kappa shape index (κ3) is 5.81. The van der Waals surface area contributed by atoms with E-state index < -0.39 is 21.8 Å². The van der Waals surface area contributed by atoms with E-state index in [1.54, 1.807) is 24.3 Å². The molecule has 1 saturated heterocycles. The number of hydrogen-bond acceptors (Lipinski definition) is 6. The molecular formula is C21H25N3O6S. The molecule has 3 rings (SSSR count). The standard InChI is InChI=1S/C21H25N3O6S/c1-15(2)30-18-8-6-16(7-9-18)20(25)22-23-21(26)17-4-3-5-19(14-17)31(27,28)24-10-12-29-13-11-24/h3-9,14-15H,10-13H2,1-2H3,(H,22,25)(H,23,26). The van der Waals surface area contributed by atoms with Gasteiger partial charge in [0.2, 0.25) is 10.0 Å². The monoisotopic (exact) mass is 447 g/mol. The van der Waals surface area contributed by atoms with E-state index in [-0.39, 0.29) is 29.7 Å². The highest BCUT2D eigenvalue weighted by molar-refractivity contribution is 7.89. The third-order valence-electron chi connectivity index (χ3n) is 4.48. The van der Waals surface area contributed by atoms with Gasteiger partial charge in [0.05, 0.1) is 24.2 Å². The van der Waals surface area contributed by atoms with Gasteiger partial charge < -0.3 is 9.47 Å². The molecule has 2 aromatic carbocycles. The van der Waals surface area contributed by atoms with Crippen LogP contribution in [0.1, 0.15) is 34.6 Å². The number of morpholine rings is 1. The van der Waals surface area contributed by atoms with Crippen LogP contribution in [-0.2, 0) is 14.8 Å². The summed E-state index contributed by atoms with van der Waals surface area (Å²) in [5, 5.41) is 0. The first kappa shape index (κ1) is 22.7. The number of nitrogens with zero attached hydrogens (tertiary/aromatic N) is 1. The Morgan fingerprint density at radius 2 is 1.58 bits per heavy atom. The summed E-state index contributed by atoms with van der Waals surface area (Å²) in [6.07, 6.45) is 0.0155. The number of hydrogen-bond donors (Lipinski definition) is 2. The summed E-state index contributed by atoms with van der Waals surface area (Å²) in [4.78, 5) is 24.7. The Hall–Kier alpha value is -2.95. The number of carbonyl (C=O) groups is 2. The van der Waals surface area contributed by atoms with E-state index in [1.807, 2.05) is 13.8 Å². The first-order chi connectivity index (χ1) is 14.8. The highest BCUT2D eigenvalue weighted by Gasteiger charge is 2.26. The molecule has 2 N–H and O–H groups in total. The van der Waals surface area contributed by atoms with Gasteiger partial charge in [0.25, 0.3) is 11.8 Å². The summed E-state index contributed by atoms with van der Waals surface area (Å²) in [5.41, 5.74) is 5.07. The molecule has 0 spiro atoms. The van der Waals surface area contributed by atoms with Crippen molar-refractivity contribution < 1.29 is 27.5 Å². The second kappa shape index (κ2) is 9.90. The van der Waals surface area contributed by atoms with E-state index >= 15 is 0 Å². The molecule has 1 heterocycles. The van der Waals surface area contributed by atoms with Crippen molar-refractivity contribution in [2.24, 2.45) is 0 Å². The maximum atomic E-state index is 12.8. The molecule has 31 heavy (non-hydrogen) atoms. The zero-order valence-electron chi connectivity index (χ0n) is 17.3. The largest absolute Gasteiger partial charge is 0.491 e. The lowest BCUT2D eigenvalue weighted by Gasteiger charge is -2.26. The molecule has 9 nitrogen and oxygen atoms in total. The summed E-state index contributed by atoms with van der Waals surface area (Å²) < 4.78 is 37.6. The van der Waals surface area contributed by atoms with Crippen LogP contribution in [0.3, 0.4) is 0 Å². The number of amides is 2. The minimum absolute atomic E-state index is 0.00844. The van der Waals surface area contributed by atoms with Crippen LogP contribution in [0.25, 0.3) is 0 Å². The van der Waals surface area contributed by atoms with Gasteiger partial charge in [-0.2, -0.15) is 4.31 Å². The van der Waals surface area contributed by atoms with Crippen molar-refractivity contribution in [3.05, 3.63) is 59.7 Å². The van der Waals surface area contributed by atoms with Crippen LogP contribution in [0.4, 0.5) is 0 Å². The first-order valence-corrected chi connectivity index (χ1v) is 11.3. The fourth-order valence-corrected chi connectivity index (χ4v) is 4.40. The minimum atomic E-state index is -3.73. The Bertz CT molecular complexity index is 1030. The highest BCUT2D eigenvalue weighted by Crippen LogP contribution is 2.18. The molecule has 2 aromatic rings. The van der Waals surface area contributed by atoms with Crippen molar-refractivity contribution in [2.75, 3.05) is 26.3 Å². The molecule has 1 aliphatic rings. The zero-order valence-corrected chi connectivity index (χ0v) is 18.1. The molecule has 1 aliphatic heterocycles. The van der Waals surface area contributed by atoms with Crippen molar-refractivity contribution in [3.63, 3.8) is 0 Å². The number of nitrogens with one attached hydrogen (secondary N) is 2. The maximum Gasteiger partial charge on any atom is 0.269 e. The van der Waals surface area contributed by atoms with Crippen molar-refractivity contribution >= 4 is 21.8 Å². The normalized spacial score (nSPS) is 14.8. The van der Waals surface area contributed by atoms with Gasteiger partial charge in [-0.25, -0.2) is 8.42 Å². The molecule has 0 aliphatic carbocycles. The smallest absolute Gasteiger partial charge is 0.269 e. The predicted octanol–water partition coefficient (Wildman–Crippen LogP) is 1.57. The lowest BCUT2D eigenvalue weighted by Crippen LogP contribution is -2.42. The average molecular weight is 448 g/mol. The average Bonchev–Trinajstić information content (AvgIpc) is 2.78. The summed E-state index contributed by atoms with van der Waals surface area (Å²) in [6.45, 7) is 4.98. The van der Waals surface area contributed by atoms with E-state index in [1.165, 1.54) is 28.6 Å². The number of sulfonamides is 1. The van der Waals surface area contributed by atoms with Gasteiger partial charge in [-0.05, 0) is 56.3 Å². The molecule has 0 unspecified atom stereocenters. The lowest BCUT2D eigenvalue weighted by atomic mass is 10.2. The molecule has 0 aromatic heterocycles. The number of hydrazine groups is 1. The van der Waals surface area contributed by atoms with Crippen LogP contribution in [0.5, 0.6) is 5.75 Å². The molecule has 10 heteroatoms. The third-order valence-corrected chi connectivity index (χ3v) is 6.38. The molecular weight excluding hydrogens is 422 g/mol. The number of rotatable bonds is 6. The Morgan fingerprint density at radius 3 is 2.19 bits per heavy atom. The topological polar surface area (TPSA) is 114 Å². The molecule has 2 amide bonds. The van der Waals surface area contributed by atoms with Crippen LogP contribution < -0.4 is 15.6 Å². The Balaban J connectivity index is 1.63.